The van der Waals surface area contributed by atoms with Gasteiger partial charge in [0.1, 0.15) is 5.54 Å². The van der Waals surface area contributed by atoms with Gasteiger partial charge >= 0.3 is 5.97 Å². The first-order valence-electron chi connectivity index (χ1n) is 7.33. The van der Waals surface area contributed by atoms with Crippen LogP contribution >= 0.6 is 0 Å². The summed E-state index contributed by atoms with van der Waals surface area (Å²) in [4.78, 5) is 37.0. The average Bonchev–Trinajstić information content (AvgIpc) is 2.84. The zero-order chi connectivity index (χ0) is 14.8. The molecule has 2 heterocycles. The number of piperidine rings is 1. The van der Waals surface area contributed by atoms with Gasteiger partial charge in [-0.05, 0) is 25.7 Å². The zero-order valence-electron chi connectivity index (χ0n) is 11.9. The van der Waals surface area contributed by atoms with Crippen molar-refractivity contribution >= 4 is 17.8 Å². The van der Waals surface area contributed by atoms with Gasteiger partial charge in [0.15, 0.2) is 0 Å². The van der Waals surface area contributed by atoms with Crippen molar-refractivity contribution in [2.24, 2.45) is 5.92 Å². The van der Waals surface area contributed by atoms with Crippen LogP contribution in [0.1, 0.15) is 45.4 Å². The standard InChI is InChI=1S/C14H22N2O4/c1-2-6-14(13(19)20)7-3-8-16(14)12(18)10-4-5-11(17)15-9-10/h10H,2-9H2,1H3,(H,15,17)(H,19,20). The van der Waals surface area contributed by atoms with Gasteiger partial charge in [-0.15, -0.1) is 0 Å². The van der Waals surface area contributed by atoms with Crippen LogP contribution in [0.15, 0.2) is 0 Å². The summed E-state index contributed by atoms with van der Waals surface area (Å²) >= 11 is 0. The lowest BCUT2D eigenvalue weighted by molar-refractivity contribution is -0.159. The number of rotatable bonds is 4. The molecule has 0 radical (unpaired) electrons. The summed E-state index contributed by atoms with van der Waals surface area (Å²) in [6.45, 7) is 2.78. The number of hydrogen-bond donors (Lipinski definition) is 2. The van der Waals surface area contributed by atoms with Crippen molar-refractivity contribution < 1.29 is 19.5 Å². The Morgan fingerprint density at radius 2 is 2.25 bits per heavy atom. The highest BCUT2D eigenvalue weighted by molar-refractivity contribution is 5.90. The van der Waals surface area contributed by atoms with Crippen molar-refractivity contribution in [1.29, 1.82) is 0 Å². The van der Waals surface area contributed by atoms with E-state index in [-0.39, 0.29) is 17.7 Å². The number of carboxylic acid groups (broad SMARTS) is 1. The molecular weight excluding hydrogens is 260 g/mol. The lowest BCUT2D eigenvalue weighted by atomic mass is 9.88. The summed E-state index contributed by atoms with van der Waals surface area (Å²) in [7, 11) is 0. The molecule has 0 aromatic carbocycles. The van der Waals surface area contributed by atoms with Crippen molar-refractivity contribution in [2.45, 2.75) is 51.0 Å². The molecule has 6 nitrogen and oxygen atoms in total. The first-order valence-corrected chi connectivity index (χ1v) is 7.33. The van der Waals surface area contributed by atoms with Gasteiger partial charge in [-0.2, -0.15) is 0 Å². The van der Waals surface area contributed by atoms with Gasteiger partial charge < -0.3 is 15.3 Å². The number of hydrogen-bond acceptors (Lipinski definition) is 3. The van der Waals surface area contributed by atoms with Gasteiger partial charge in [-0.1, -0.05) is 13.3 Å². The number of carbonyl (C=O) groups excluding carboxylic acids is 2. The van der Waals surface area contributed by atoms with E-state index >= 15 is 0 Å². The number of aliphatic carboxylic acids is 1. The van der Waals surface area contributed by atoms with E-state index in [1.807, 2.05) is 6.92 Å². The van der Waals surface area contributed by atoms with Crippen molar-refractivity contribution in [2.75, 3.05) is 13.1 Å². The Hall–Kier alpha value is -1.59. The number of likely N-dealkylation sites (tertiary alicyclic amines) is 1. The van der Waals surface area contributed by atoms with Crippen LogP contribution in [0.2, 0.25) is 0 Å². The van der Waals surface area contributed by atoms with E-state index in [2.05, 4.69) is 5.32 Å². The molecule has 0 bridgehead atoms. The molecule has 2 aliphatic rings. The molecule has 2 aliphatic heterocycles. The third-order valence-corrected chi connectivity index (χ3v) is 4.43. The summed E-state index contributed by atoms with van der Waals surface area (Å²) in [5.74, 6) is -1.32. The largest absolute Gasteiger partial charge is 0.479 e. The first-order chi connectivity index (χ1) is 9.51. The normalized spacial score (nSPS) is 30.1. The third kappa shape index (κ3) is 2.51. The SMILES string of the molecule is CCCC1(C(=O)O)CCCN1C(=O)C1CCC(=O)NC1. The molecule has 2 amide bonds. The Kier molecular flexibility index (Phi) is 4.30. The Balaban J connectivity index is 2.15. The number of carbonyl (C=O) groups is 3. The van der Waals surface area contributed by atoms with Crippen molar-refractivity contribution in [3.8, 4) is 0 Å². The number of amides is 2. The monoisotopic (exact) mass is 282 g/mol. The van der Waals surface area contributed by atoms with Gasteiger partial charge in [-0.25, -0.2) is 4.79 Å². The second-order valence-electron chi connectivity index (χ2n) is 5.72. The molecule has 6 heteroatoms. The molecule has 2 unspecified atom stereocenters. The predicted molar refractivity (Wildman–Crippen MR) is 72.0 cm³/mol. The van der Waals surface area contributed by atoms with Crippen LogP contribution in [0.3, 0.4) is 0 Å². The fourth-order valence-corrected chi connectivity index (χ4v) is 3.37. The summed E-state index contributed by atoms with van der Waals surface area (Å²) in [5, 5.41) is 12.3. The van der Waals surface area contributed by atoms with Crippen LogP contribution in [-0.2, 0) is 14.4 Å². The average molecular weight is 282 g/mol. The molecule has 20 heavy (non-hydrogen) atoms. The lowest BCUT2D eigenvalue weighted by Gasteiger charge is -2.37. The zero-order valence-corrected chi connectivity index (χ0v) is 11.9. The molecule has 0 saturated carbocycles. The highest BCUT2D eigenvalue weighted by Gasteiger charge is 2.50. The lowest BCUT2D eigenvalue weighted by Crippen LogP contribution is -2.56. The van der Waals surface area contributed by atoms with Gasteiger partial charge in [0.25, 0.3) is 0 Å². The van der Waals surface area contributed by atoms with E-state index in [4.69, 9.17) is 0 Å². The van der Waals surface area contributed by atoms with Crippen LogP contribution in [-0.4, -0.2) is 46.4 Å². The molecule has 0 aromatic rings. The molecule has 2 saturated heterocycles. The second kappa shape index (κ2) is 5.81. The number of nitrogens with one attached hydrogen (secondary N) is 1. The van der Waals surface area contributed by atoms with Gasteiger partial charge in [0.05, 0.1) is 5.92 Å². The van der Waals surface area contributed by atoms with E-state index in [0.29, 0.717) is 38.8 Å². The summed E-state index contributed by atoms with van der Waals surface area (Å²) < 4.78 is 0. The Bertz CT molecular complexity index is 413. The first kappa shape index (κ1) is 14.8. The van der Waals surface area contributed by atoms with Crippen LogP contribution < -0.4 is 5.32 Å². The third-order valence-electron chi connectivity index (χ3n) is 4.43. The second-order valence-corrected chi connectivity index (χ2v) is 5.72. The quantitative estimate of drug-likeness (QED) is 0.797. The fourth-order valence-electron chi connectivity index (χ4n) is 3.37. The number of carboxylic acids is 1. The van der Waals surface area contributed by atoms with Gasteiger partial charge in [0.2, 0.25) is 11.8 Å². The molecule has 2 atom stereocenters. The molecular formula is C14H22N2O4. The van der Waals surface area contributed by atoms with E-state index in [9.17, 15) is 19.5 Å². The molecule has 0 aromatic heterocycles. The van der Waals surface area contributed by atoms with Crippen LogP contribution in [0.4, 0.5) is 0 Å². The van der Waals surface area contributed by atoms with Crippen molar-refractivity contribution in [3.63, 3.8) is 0 Å². The van der Waals surface area contributed by atoms with E-state index in [1.165, 1.54) is 0 Å². The molecule has 2 rings (SSSR count). The van der Waals surface area contributed by atoms with Crippen LogP contribution in [0, 0.1) is 5.92 Å². The predicted octanol–water partition coefficient (Wildman–Crippen LogP) is 0.758. The van der Waals surface area contributed by atoms with Crippen molar-refractivity contribution in [1.82, 2.24) is 10.2 Å². The number of nitrogens with zero attached hydrogens (tertiary/aromatic N) is 1. The minimum absolute atomic E-state index is 0.0338. The molecule has 2 N–H and O–H groups in total. The van der Waals surface area contributed by atoms with E-state index in [0.717, 1.165) is 12.8 Å². The maximum atomic E-state index is 12.6. The Labute approximate surface area is 118 Å². The minimum Gasteiger partial charge on any atom is -0.479 e. The van der Waals surface area contributed by atoms with Crippen LogP contribution in [0.5, 0.6) is 0 Å². The summed E-state index contributed by atoms with van der Waals surface area (Å²) in [5.41, 5.74) is -1.03. The van der Waals surface area contributed by atoms with E-state index in [1.54, 1.807) is 4.90 Å². The van der Waals surface area contributed by atoms with Crippen molar-refractivity contribution in [3.05, 3.63) is 0 Å². The highest BCUT2D eigenvalue weighted by atomic mass is 16.4. The molecule has 2 fully saturated rings. The maximum absolute atomic E-state index is 12.6. The van der Waals surface area contributed by atoms with E-state index < -0.39 is 11.5 Å². The summed E-state index contributed by atoms with van der Waals surface area (Å²) in [6.07, 6.45) is 3.35. The summed E-state index contributed by atoms with van der Waals surface area (Å²) in [6, 6.07) is 0. The fraction of sp³-hybridized carbons (Fsp3) is 0.786. The maximum Gasteiger partial charge on any atom is 0.329 e. The molecule has 112 valence electrons. The Morgan fingerprint density at radius 3 is 2.80 bits per heavy atom. The topological polar surface area (TPSA) is 86.7 Å². The van der Waals surface area contributed by atoms with Gasteiger partial charge in [0, 0.05) is 19.5 Å². The Morgan fingerprint density at radius 1 is 1.50 bits per heavy atom. The smallest absolute Gasteiger partial charge is 0.329 e. The molecule has 0 aliphatic carbocycles. The minimum atomic E-state index is -1.03. The van der Waals surface area contributed by atoms with Crippen LogP contribution in [0.25, 0.3) is 0 Å². The molecule has 0 spiro atoms. The highest BCUT2D eigenvalue weighted by Crippen LogP contribution is 2.35. The van der Waals surface area contributed by atoms with Gasteiger partial charge in [-0.3, -0.25) is 9.59 Å².